The maximum Gasteiger partial charge on any atom is 0.203 e. The van der Waals surface area contributed by atoms with Gasteiger partial charge in [-0.3, -0.25) is 4.98 Å². The van der Waals surface area contributed by atoms with Crippen molar-refractivity contribution in [3.05, 3.63) is 42.6 Å². The Morgan fingerprint density at radius 2 is 1.57 bits per heavy atom. The van der Waals surface area contributed by atoms with Gasteiger partial charge in [-0.25, -0.2) is 0 Å². The highest BCUT2D eigenvalue weighted by Gasteiger charge is 2.14. The predicted molar refractivity (Wildman–Crippen MR) is 88.5 cm³/mol. The highest BCUT2D eigenvalue weighted by Crippen LogP contribution is 2.41. The second kappa shape index (κ2) is 6.04. The first-order valence-corrected chi connectivity index (χ1v) is 7.06. The van der Waals surface area contributed by atoms with Gasteiger partial charge in [0.2, 0.25) is 5.75 Å². The van der Waals surface area contributed by atoms with Crippen molar-refractivity contribution < 1.29 is 19.3 Å². The van der Waals surface area contributed by atoms with Gasteiger partial charge in [0.05, 0.1) is 26.8 Å². The molecule has 23 heavy (non-hydrogen) atoms. The lowest BCUT2D eigenvalue weighted by atomic mass is 10.0. The molecule has 0 unspecified atom stereocenters. The van der Waals surface area contributed by atoms with E-state index < -0.39 is 0 Å². The van der Waals surface area contributed by atoms with Gasteiger partial charge >= 0.3 is 0 Å². The number of ether oxygens (including phenoxy) is 3. The highest BCUT2D eigenvalue weighted by molar-refractivity contribution is 5.90. The van der Waals surface area contributed by atoms with E-state index in [0.717, 1.165) is 27.8 Å². The molecule has 5 nitrogen and oxygen atoms in total. The number of phenolic OH excluding ortho intramolecular Hbond substituents is 1. The molecule has 0 aliphatic heterocycles. The molecule has 3 aromatic rings. The Morgan fingerprint density at radius 1 is 0.870 bits per heavy atom. The summed E-state index contributed by atoms with van der Waals surface area (Å²) in [6, 6.07) is 11.1. The molecule has 0 saturated carbocycles. The van der Waals surface area contributed by atoms with Crippen LogP contribution in [0.3, 0.4) is 0 Å². The average molecular weight is 311 g/mol. The van der Waals surface area contributed by atoms with Gasteiger partial charge in [-0.1, -0.05) is 0 Å². The Bertz CT molecular complexity index is 861. The molecule has 0 aliphatic carbocycles. The molecule has 0 radical (unpaired) electrons. The number of nitrogens with zero attached hydrogens (tertiary/aromatic N) is 1. The lowest BCUT2D eigenvalue weighted by molar-refractivity contribution is 0.333. The first kappa shape index (κ1) is 15.0. The number of hydrogen-bond acceptors (Lipinski definition) is 5. The second-order valence-corrected chi connectivity index (χ2v) is 4.98. The van der Waals surface area contributed by atoms with E-state index in [2.05, 4.69) is 4.98 Å². The molecule has 0 aliphatic rings. The molecular formula is C18H17NO4. The molecule has 0 amide bonds. The van der Waals surface area contributed by atoms with Gasteiger partial charge < -0.3 is 19.3 Å². The summed E-state index contributed by atoms with van der Waals surface area (Å²) in [4.78, 5) is 4.38. The molecule has 0 spiro atoms. The van der Waals surface area contributed by atoms with Crippen LogP contribution in [0.1, 0.15) is 0 Å². The van der Waals surface area contributed by atoms with E-state index in [1.165, 1.54) is 14.2 Å². The average Bonchev–Trinajstić information content (AvgIpc) is 2.59. The molecule has 1 aromatic heterocycles. The van der Waals surface area contributed by atoms with E-state index in [1.54, 1.807) is 19.4 Å². The molecule has 1 heterocycles. The molecule has 0 fully saturated rings. The van der Waals surface area contributed by atoms with Crippen LogP contribution in [0.4, 0.5) is 0 Å². The van der Waals surface area contributed by atoms with Crippen LogP contribution in [0.2, 0.25) is 0 Å². The fourth-order valence-electron chi connectivity index (χ4n) is 2.60. The molecule has 3 rings (SSSR count). The SMILES string of the molecule is COc1cc(-c2cc(OC)c3cccnc3c2)cc(O)c1OC. The number of methoxy groups -OCH3 is 3. The Labute approximate surface area is 134 Å². The third-order valence-corrected chi connectivity index (χ3v) is 3.70. The zero-order valence-corrected chi connectivity index (χ0v) is 13.2. The highest BCUT2D eigenvalue weighted by atomic mass is 16.5. The van der Waals surface area contributed by atoms with Crippen LogP contribution in [0.15, 0.2) is 42.6 Å². The van der Waals surface area contributed by atoms with Crippen molar-refractivity contribution in [2.45, 2.75) is 0 Å². The van der Waals surface area contributed by atoms with Crippen LogP contribution in [0.25, 0.3) is 22.0 Å². The van der Waals surface area contributed by atoms with Crippen molar-refractivity contribution in [1.29, 1.82) is 0 Å². The smallest absolute Gasteiger partial charge is 0.203 e. The number of benzene rings is 2. The normalized spacial score (nSPS) is 10.6. The summed E-state index contributed by atoms with van der Waals surface area (Å²) in [5.41, 5.74) is 2.46. The fourth-order valence-corrected chi connectivity index (χ4v) is 2.60. The van der Waals surface area contributed by atoms with Gasteiger partial charge in [0.1, 0.15) is 5.75 Å². The monoisotopic (exact) mass is 311 g/mol. The minimum absolute atomic E-state index is 0.0157. The summed E-state index contributed by atoms with van der Waals surface area (Å²) >= 11 is 0. The fraction of sp³-hybridized carbons (Fsp3) is 0.167. The molecule has 5 heteroatoms. The summed E-state index contributed by atoms with van der Waals surface area (Å²) < 4.78 is 15.9. The number of aromatic nitrogens is 1. The van der Waals surface area contributed by atoms with Gasteiger partial charge in [0, 0.05) is 11.6 Å². The maximum atomic E-state index is 10.2. The van der Waals surface area contributed by atoms with Crippen LogP contribution in [-0.2, 0) is 0 Å². The third kappa shape index (κ3) is 2.61. The summed E-state index contributed by atoms with van der Waals surface area (Å²) in [7, 11) is 4.64. The molecule has 0 saturated heterocycles. The molecule has 0 bridgehead atoms. The first-order chi connectivity index (χ1) is 11.2. The number of pyridine rings is 1. The Hall–Kier alpha value is -2.95. The number of aromatic hydroxyl groups is 1. The molecule has 0 atom stereocenters. The second-order valence-electron chi connectivity index (χ2n) is 4.98. The zero-order chi connectivity index (χ0) is 16.4. The van der Waals surface area contributed by atoms with E-state index in [-0.39, 0.29) is 5.75 Å². The van der Waals surface area contributed by atoms with E-state index in [9.17, 15) is 5.11 Å². The summed E-state index contributed by atoms with van der Waals surface area (Å²) in [6.07, 6.45) is 1.73. The standard InChI is InChI=1S/C18H17NO4/c1-21-16-9-11(7-14-13(16)5-4-6-19-14)12-8-15(20)18(23-3)17(10-12)22-2/h4-10,20H,1-3H3. The molecule has 1 N–H and O–H groups in total. The summed E-state index contributed by atoms with van der Waals surface area (Å²) in [5.74, 6) is 1.51. The van der Waals surface area contributed by atoms with Crippen molar-refractivity contribution in [3.63, 3.8) is 0 Å². The zero-order valence-electron chi connectivity index (χ0n) is 13.2. The van der Waals surface area contributed by atoms with E-state index in [4.69, 9.17) is 14.2 Å². The number of fused-ring (bicyclic) bond motifs is 1. The van der Waals surface area contributed by atoms with Gasteiger partial charge in [-0.15, -0.1) is 0 Å². The lowest BCUT2D eigenvalue weighted by Crippen LogP contribution is -1.93. The Morgan fingerprint density at radius 3 is 2.26 bits per heavy atom. The van der Waals surface area contributed by atoms with Gasteiger partial charge in [0.15, 0.2) is 11.5 Å². The first-order valence-electron chi connectivity index (χ1n) is 7.06. The largest absolute Gasteiger partial charge is 0.504 e. The van der Waals surface area contributed by atoms with E-state index >= 15 is 0 Å². The van der Waals surface area contributed by atoms with Crippen LogP contribution >= 0.6 is 0 Å². The van der Waals surface area contributed by atoms with Crippen molar-refractivity contribution >= 4 is 10.9 Å². The predicted octanol–water partition coefficient (Wildman–Crippen LogP) is 3.63. The molecule has 118 valence electrons. The quantitative estimate of drug-likeness (QED) is 0.797. The van der Waals surface area contributed by atoms with Crippen molar-refractivity contribution in [2.24, 2.45) is 0 Å². The lowest BCUT2D eigenvalue weighted by Gasteiger charge is -2.13. The minimum atomic E-state index is 0.0157. The Kier molecular flexibility index (Phi) is 3.93. The van der Waals surface area contributed by atoms with Crippen LogP contribution in [-0.4, -0.2) is 31.4 Å². The van der Waals surface area contributed by atoms with Gasteiger partial charge in [-0.05, 0) is 47.5 Å². The summed E-state index contributed by atoms with van der Waals surface area (Å²) in [6.45, 7) is 0. The van der Waals surface area contributed by atoms with Crippen LogP contribution < -0.4 is 14.2 Å². The van der Waals surface area contributed by atoms with Crippen molar-refractivity contribution in [1.82, 2.24) is 4.98 Å². The molecule has 2 aromatic carbocycles. The van der Waals surface area contributed by atoms with Crippen molar-refractivity contribution in [3.8, 4) is 34.1 Å². The van der Waals surface area contributed by atoms with Gasteiger partial charge in [-0.2, -0.15) is 0 Å². The number of rotatable bonds is 4. The van der Waals surface area contributed by atoms with E-state index in [1.807, 2.05) is 30.3 Å². The van der Waals surface area contributed by atoms with Crippen molar-refractivity contribution in [2.75, 3.05) is 21.3 Å². The number of phenols is 1. The minimum Gasteiger partial charge on any atom is -0.504 e. The maximum absolute atomic E-state index is 10.2. The van der Waals surface area contributed by atoms with Crippen LogP contribution in [0.5, 0.6) is 23.0 Å². The Balaban J connectivity index is 2.22. The topological polar surface area (TPSA) is 60.8 Å². The summed E-state index contributed by atoms with van der Waals surface area (Å²) in [5, 5.41) is 11.1. The molecular weight excluding hydrogens is 294 g/mol. The third-order valence-electron chi connectivity index (χ3n) is 3.70. The van der Waals surface area contributed by atoms with Gasteiger partial charge in [0.25, 0.3) is 0 Å². The number of hydrogen-bond donors (Lipinski definition) is 1. The van der Waals surface area contributed by atoms with Crippen LogP contribution in [0, 0.1) is 0 Å². The van der Waals surface area contributed by atoms with E-state index in [0.29, 0.717) is 11.5 Å².